The van der Waals surface area contributed by atoms with E-state index in [0.717, 1.165) is 31.0 Å². The van der Waals surface area contributed by atoms with Crippen molar-refractivity contribution in [3.8, 4) is 0 Å². The first-order valence-electron chi connectivity index (χ1n) is 9.18. The molecule has 5 nitrogen and oxygen atoms in total. The minimum absolute atomic E-state index is 0.0732. The smallest absolute Gasteiger partial charge is 0.126 e. The van der Waals surface area contributed by atoms with Gasteiger partial charge in [0, 0.05) is 50.6 Å². The number of pyridine rings is 1. The van der Waals surface area contributed by atoms with E-state index < -0.39 is 0 Å². The Morgan fingerprint density at radius 1 is 1.19 bits per heavy atom. The fourth-order valence-corrected chi connectivity index (χ4v) is 3.45. The Bertz CT molecular complexity index is 910. The first kappa shape index (κ1) is 17.8. The third-order valence-electron chi connectivity index (χ3n) is 4.80. The molecule has 1 aliphatic rings. The highest BCUT2D eigenvalue weighted by atomic mass is 19.1. The molecule has 3 heterocycles. The summed E-state index contributed by atoms with van der Waals surface area (Å²) in [6.07, 6.45) is 4.35. The first-order chi connectivity index (χ1) is 13.2. The van der Waals surface area contributed by atoms with Gasteiger partial charge in [-0.05, 0) is 23.8 Å². The van der Waals surface area contributed by atoms with E-state index in [2.05, 4.69) is 10.00 Å². The van der Waals surface area contributed by atoms with Crippen molar-refractivity contribution in [3.63, 3.8) is 0 Å². The Labute approximate surface area is 158 Å². The van der Waals surface area contributed by atoms with Gasteiger partial charge < -0.3 is 4.74 Å². The van der Waals surface area contributed by atoms with Crippen LogP contribution in [0, 0.1) is 5.82 Å². The predicted octanol–water partition coefficient (Wildman–Crippen LogP) is 3.12. The first-order valence-corrected chi connectivity index (χ1v) is 9.18. The molecule has 3 aromatic rings. The lowest BCUT2D eigenvalue weighted by Crippen LogP contribution is -2.38. The monoisotopic (exact) mass is 366 g/mol. The molecule has 0 radical (unpaired) electrons. The molecule has 2 aromatic heterocycles. The van der Waals surface area contributed by atoms with E-state index in [1.807, 2.05) is 48.4 Å². The Morgan fingerprint density at radius 3 is 2.89 bits per heavy atom. The lowest BCUT2D eigenvalue weighted by Gasteiger charge is -2.32. The maximum absolute atomic E-state index is 13.9. The maximum Gasteiger partial charge on any atom is 0.126 e. The van der Waals surface area contributed by atoms with Crippen molar-refractivity contribution in [1.29, 1.82) is 0 Å². The molecular formula is C21H23FN4O. The van der Waals surface area contributed by atoms with Gasteiger partial charge in [0.2, 0.25) is 0 Å². The highest BCUT2D eigenvalue weighted by Gasteiger charge is 2.23. The van der Waals surface area contributed by atoms with Crippen LogP contribution in [-0.4, -0.2) is 39.4 Å². The third kappa shape index (κ3) is 4.40. The van der Waals surface area contributed by atoms with Crippen LogP contribution in [0.2, 0.25) is 0 Å². The minimum atomic E-state index is -0.193. The van der Waals surface area contributed by atoms with Crippen LogP contribution in [0.3, 0.4) is 0 Å². The molecule has 1 aliphatic heterocycles. The molecule has 0 N–H and O–H groups in total. The van der Waals surface area contributed by atoms with Gasteiger partial charge in [0.25, 0.3) is 0 Å². The third-order valence-corrected chi connectivity index (χ3v) is 4.80. The Hall–Kier alpha value is -2.57. The van der Waals surface area contributed by atoms with Crippen LogP contribution in [0.4, 0.5) is 4.39 Å². The molecule has 0 unspecified atom stereocenters. The van der Waals surface area contributed by atoms with E-state index in [1.165, 1.54) is 11.6 Å². The molecule has 0 amide bonds. The van der Waals surface area contributed by atoms with Crippen LogP contribution in [0.5, 0.6) is 0 Å². The Kier molecular flexibility index (Phi) is 5.27. The number of halogens is 1. The highest BCUT2D eigenvalue weighted by Crippen LogP contribution is 2.23. The Morgan fingerprint density at radius 2 is 2.07 bits per heavy atom. The van der Waals surface area contributed by atoms with E-state index in [-0.39, 0.29) is 11.9 Å². The average Bonchev–Trinajstić information content (AvgIpc) is 3.09. The van der Waals surface area contributed by atoms with Gasteiger partial charge in [-0.15, -0.1) is 0 Å². The van der Waals surface area contributed by atoms with E-state index >= 15 is 0 Å². The van der Waals surface area contributed by atoms with Gasteiger partial charge in [-0.25, -0.2) is 4.39 Å². The number of rotatable bonds is 5. The molecule has 0 aliphatic carbocycles. The quantitative estimate of drug-likeness (QED) is 0.696. The van der Waals surface area contributed by atoms with Crippen molar-refractivity contribution in [3.05, 3.63) is 83.2 Å². The summed E-state index contributed by atoms with van der Waals surface area (Å²) in [5, 5.41) is 4.23. The number of ether oxygens (including phenoxy) is 1. The van der Waals surface area contributed by atoms with Crippen molar-refractivity contribution >= 4 is 0 Å². The molecule has 1 aromatic carbocycles. The summed E-state index contributed by atoms with van der Waals surface area (Å²) >= 11 is 0. The van der Waals surface area contributed by atoms with Crippen molar-refractivity contribution in [2.45, 2.75) is 19.1 Å². The fourth-order valence-electron chi connectivity index (χ4n) is 3.45. The van der Waals surface area contributed by atoms with E-state index in [1.54, 1.807) is 12.1 Å². The maximum atomic E-state index is 13.9. The number of morpholine rings is 1. The van der Waals surface area contributed by atoms with Gasteiger partial charge >= 0.3 is 0 Å². The molecule has 1 atom stereocenters. The number of aromatic nitrogens is 3. The standard InChI is InChI=1S/C21H23FN4O/c1-25-13-16(12-23-25)14-26-9-10-27-21(15-26)20-8-4-6-18(24-20)11-17-5-2-3-7-19(17)22/h2-8,12-13,21H,9-11,14-15H2,1H3/t21-/m1/s1. The van der Waals surface area contributed by atoms with Crippen molar-refractivity contribution < 1.29 is 9.13 Å². The number of hydrogen-bond donors (Lipinski definition) is 0. The summed E-state index contributed by atoms with van der Waals surface area (Å²) in [4.78, 5) is 7.10. The van der Waals surface area contributed by atoms with Crippen LogP contribution in [-0.2, 0) is 24.8 Å². The zero-order valence-electron chi connectivity index (χ0n) is 15.4. The molecule has 6 heteroatoms. The Balaban J connectivity index is 1.45. The number of nitrogens with zero attached hydrogens (tertiary/aromatic N) is 4. The molecule has 140 valence electrons. The molecule has 0 spiro atoms. The summed E-state index contributed by atoms with van der Waals surface area (Å²) in [5.74, 6) is -0.193. The number of hydrogen-bond acceptors (Lipinski definition) is 4. The summed E-state index contributed by atoms with van der Waals surface area (Å²) in [6, 6.07) is 12.7. The normalized spacial score (nSPS) is 17.9. The molecule has 0 bridgehead atoms. The van der Waals surface area contributed by atoms with Crippen molar-refractivity contribution in [1.82, 2.24) is 19.7 Å². The second-order valence-electron chi connectivity index (χ2n) is 6.94. The summed E-state index contributed by atoms with van der Waals surface area (Å²) in [6.45, 7) is 3.19. The van der Waals surface area contributed by atoms with Gasteiger partial charge in [-0.1, -0.05) is 24.3 Å². The minimum Gasteiger partial charge on any atom is -0.369 e. The largest absolute Gasteiger partial charge is 0.369 e. The van der Waals surface area contributed by atoms with Gasteiger partial charge in [-0.2, -0.15) is 5.10 Å². The van der Waals surface area contributed by atoms with Crippen LogP contribution >= 0.6 is 0 Å². The molecule has 27 heavy (non-hydrogen) atoms. The van der Waals surface area contributed by atoms with Gasteiger partial charge in [0.15, 0.2) is 0 Å². The van der Waals surface area contributed by atoms with E-state index in [9.17, 15) is 4.39 Å². The molecule has 0 saturated carbocycles. The second-order valence-corrected chi connectivity index (χ2v) is 6.94. The van der Waals surface area contributed by atoms with Crippen molar-refractivity contribution in [2.75, 3.05) is 19.7 Å². The molecule has 1 fully saturated rings. The second kappa shape index (κ2) is 7.98. The van der Waals surface area contributed by atoms with Gasteiger partial charge in [-0.3, -0.25) is 14.6 Å². The van der Waals surface area contributed by atoms with E-state index in [4.69, 9.17) is 9.72 Å². The SMILES string of the molecule is Cn1cc(CN2CCO[C@@H](c3cccc(Cc4ccccc4F)n3)C2)cn1. The van der Waals surface area contributed by atoms with Crippen LogP contribution in [0.1, 0.15) is 28.6 Å². The lowest BCUT2D eigenvalue weighted by atomic mass is 10.1. The predicted molar refractivity (Wildman–Crippen MR) is 101 cm³/mol. The number of benzene rings is 1. The topological polar surface area (TPSA) is 43.2 Å². The van der Waals surface area contributed by atoms with E-state index in [0.29, 0.717) is 18.6 Å². The summed E-state index contributed by atoms with van der Waals surface area (Å²) < 4.78 is 21.7. The van der Waals surface area contributed by atoms with Crippen LogP contribution < -0.4 is 0 Å². The summed E-state index contributed by atoms with van der Waals surface area (Å²) in [5.41, 5.74) is 3.61. The molecule has 1 saturated heterocycles. The van der Waals surface area contributed by atoms with Crippen LogP contribution in [0.25, 0.3) is 0 Å². The van der Waals surface area contributed by atoms with Crippen molar-refractivity contribution in [2.24, 2.45) is 7.05 Å². The zero-order valence-corrected chi connectivity index (χ0v) is 15.4. The van der Waals surface area contributed by atoms with Crippen LogP contribution in [0.15, 0.2) is 54.9 Å². The average molecular weight is 366 g/mol. The molecular weight excluding hydrogens is 343 g/mol. The van der Waals surface area contributed by atoms with Gasteiger partial charge in [0.1, 0.15) is 11.9 Å². The van der Waals surface area contributed by atoms with Gasteiger partial charge in [0.05, 0.1) is 18.5 Å². The number of aryl methyl sites for hydroxylation is 1. The lowest BCUT2D eigenvalue weighted by molar-refractivity contribution is -0.0350. The fraction of sp³-hybridized carbons (Fsp3) is 0.333. The zero-order chi connectivity index (χ0) is 18.6. The highest BCUT2D eigenvalue weighted by molar-refractivity contribution is 5.25. The molecule has 4 rings (SSSR count). The summed E-state index contributed by atoms with van der Waals surface area (Å²) in [7, 11) is 1.93.